The Hall–Kier alpha value is -1.84. The molecule has 0 radical (unpaired) electrons. The van der Waals surface area contributed by atoms with E-state index in [1.165, 1.54) is 5.56 Å². The van der Waals surface area contributed by atoms with Gasteiger partial charge in [0, 0.05) is 46.2 Å². The lowest BCUT2D eigenvalue weighted by atomic mass is 10.2. The first-order valence-electron chi connectivity index (χ1n) is 9.89. The molecule has 0 spiro atoms. The van der Waals surface area contributed by atoms with Gasteiger partial charge in [0.05, 0.1) is 0 Å². The molecular formula is C20H31IN6O. The lowest BCUT2D eigenvalue weighted by molar-refractivity contribution is 0.474. The average Bonchev–Trinajstić information content (AvgIpc) is 3.01. The van der Waals surface area contributed by atoms with Gasteiger partial charge >= 0.3 is 5.69 Å². The molecule has 2 heterocycles. The summed E-state index contributed by atoms with van der Waals surface area (Å²) >= 11 is 0. The van der Waals surface area contributed by atoms with Crippen molar-refractivity contribution in [1.29, 1.82) is 0 Å². The topological polar surface area (TPSA) is 67.5 Å². The van der Waals surface area contributed by atoms with Gasteiger partial charge in [-0.05, 0) is 31.7 Å². The van der Waals surface area contributed by atoms with E-state index in [4.69, 9.17) is 4.99 Å². The molecule has 0 unspecified atom stereocenters. The maximum atomic E-state index is 12.4. The predicted octanol–water partition coefficient (Wildman–Crippen LogP) is 2.49. The normalized spacial score (nSPS) is 13.6. The SMILES string of the molecule is CCNC(=NCCCn1nc2n(c1=O)CCCC2)N(C)Cc1ccccc1.I. The minimum absolute atomic E-state index is 0. The first-order valence-corrected chi connectivity index (χ1v) is 9.89. The number of benzene rings is 1. The van der Waals surface area contributed by atoms with Crippen molar-refractivity contribution < 1.29 is 0 Å². The summed E-state index contributed by atoms with van der Waals surface area (Å²) in [7, 11) is 2.04. The quantitative estimate of drug-likeness (QED) is 0.276. The van der Waals surface area contributed by atoms with Gasteiger partial charge in [-0.3, -0.25) is 9.56 Å². The summed E-state index contributed by atoms with van der Waals surface area (Å²) in [6, 6.07) is 10.4. The third-order valence-electron chi connectivity index (χ3n) is 4.78. The zero-order valence-corrected chi connectivity index (χ0v) is 19.1. The van der Waals surface area contributed by atoms with E-state index in [2.05, 4.69) is 46.5 Å². The molecule has 1 aliphatic rings. The van der Waals surface area contributed by atoms with Crippen LogP contribution in [0.25, 0.3) is 0 Å². The first kappa shape index (κ1) is 22.4. The Bertz CT molecular complexity index is 814. The van der Waals surface area contributed by atoms with Gasteiger partial charge in [-0.2, -0.15) is 5.10 Å². The van der Waals surface area contributed by atoms with Gasteiger partial charge < -0.3 is 10.2 Å². The van der Waals surface area contributed by atoms with Crippen LogP contribution < -0.4 is 11.0 Å². The van der Waals surface area contributed by atoms with Crippen LogP contribution in [0.15, 0.2) is 40.1 Å². The molecule has 0 fully saturated rings. The largest absolute Gasteiger partial charge is 0.357 e. The molecule has 1 aromatic heterocycles. The van der Waals surface area contributed by atoms with Crippen molar-refractivity contribution in [2.75, 3.05) is 20.1 Å². The number of rotatable bonds is 7. The molecule has 0 saturated carbocycles. The van der Waals surface area contributed by atoms with Crippen molar-refractivity contribution in [2.24, 2.45) is 4.99 Å². The molecule has 1 aromatic carbocycles. The highest BCUT2D eigenvalue weighted by atomic mass is 127. The Balaban J connectivity index is 0.00000280. The highest BCUT2D eigenvalue weighted by molar-refractivity contribution is 14.0. The Morgan fingerprint density at radius 1 is 1.29 bits per heavy atom. The zero-order chi connectivity index (χ0) is 19.1. The highest BCUT2D eigenvalue weighted by Crippen LogP contribution is 2.09. The third kappa shape index (κ3) is 5.83. The van der Waals surface area contributed by atoms with Crippen LogP contribution >= 0.6 is 24.0 Å². The van der Waals surface area contributed by atoms with E-state index < -0.39 is 0 Å². The smallest absolute Gasteiger partial charge is 0.345 e. The number of aryl methyl sites for hydroxylation is 2. The number of nitrogens with one attached hydrogen (secondary N) is 1. The summed E-state index contributed by atoms with van der Waals surface area (Å²) in [5, 5.41) is 7.83. The molecule has 1 N–H and O–H groups in total. The Kier molecular flexibility index (Phi) is 9.01. The molecule has 0 aliphatic carbocycles. The summed E-state index contributed by atoms with van der Waals surface area (Å²) in [5.41, 5.74) is 1.28. The zero-order valence-electron chi connectivity index (χ0n) is 16.8. The number of aromatic nitrogens is 3. The van der Waals surface area contributed by atoms with Crippen molar-refractivity contribution in [3.8, 4) is 0 Å². The minimum atomic E-state index is 0. The van der Waals surface area contributed by atoms with Gasteiger partial charge in [-0.1, -0.05) is 30.3 Å². The summed E-state index contributed by atoms with van der Waals surface area (Å²) in [5.74, 6) is 1.82. The van der Waals surface area contributed by atoms with E-state index in [0.29, 0.717) is 13.1 Å². The van der Waals surface area contributed by atoms with Gasteiger partial charge in [0.15, 0.2) is 5.96 Å². The molecule has 0 atom stereocenters. The number of fused-ring (bicyclic) bond motifs is 1. The molecule has 0 saturated heterocycles. The van der Waals surface area contributed by atoms with Crippen LogP contribution in [0.3, 0.4) is 0 Å². The molecule has 0 bridgehead atoms. The van der Waals surface area contributed by atoms with Gasteiger partial charge in [0.2, 0.25) is 0 Å². The van der Waals surface area contributed by atoms with Gasteiger partial charge in [-0.15, -0.1) is 24.0 Å². The molecular weight excluding hydrogens is 467 g/mol. The summed E-state index contributed by atoms with van der Waals surface area (Å²) in [6.07, 6.45) is 3.91. The second-order valence-corrected chi connectivity index (χ2v) is 6.96. The summed E-state index contributed by atoms with van der Waals surface area (Å²) in [4.78, 5) is 19.2. The van der Waals surface area contributed by atoms with Crippen LogP contribution in [0.2, 0.25) is 0 Å². The molecule has 7 nitrogen and oxygen atoms in total. The van der Waals surface area contributed by atoms with Crippen molar-refractivity contribution in [2.45, 2.75) is 52.2 Å². The fraction of sp³-hybridized carbons (Fsp3) is 0.550. The fourth-order valence-electron chi connectivity index (χ4n) is 3.40. The van der Waals surface area contributed by atoms with E-state index in [1.54, 1.807) is 4.68 Å². The van der Waals surface area contributed by atoms with Gasteiger partial charge in [-0.25, -0.2) is 9.48 Å². The number of hydrogen-bond donors (Lipinski definition) is 1. The van der Waals surface area contributed by atoms with Crippen molar-refractivity contribution >= 4 is 29.9 Å². The Labute approximate surface area is 183 Å². The highest BCUT2D eigenvalue weighted by Gasteiger charge is 2.16. The van der Waals surface area contributed by atoms with Crippen LogP contribution in [0.4, 0.5) is 0 Å². The monoisotopic (exact) mass is 498 g/mol. The first-order chi connectivity index (χ1) is 13.2. The Morgan fingerprint density at radius 3 is 2.79 bits per heavy atom. The van der Waals surface area contributed by atoms with Gasteiger partial charge in [0.25, 0.3) is 0 Å². The van der Waals surface area contributed by atoms with E-state index in [1.807, 2.05) is 17.7 Å². The molecule has 3 rings (SSSR count). The van der Waals surface area contributed by atoms with E-state index in [0.717, 1.165) is 57.1 Å². The third-order valence-corrected chi connectivity index (χ3v) is 4.78. The van der Waals surface area contributed by atoms with E-state index in [9.17, 15) is 4.79 Å². The van der Waals surface area contributed by atoms with E-state index >= 15 is 0 Å². The second-order valence-electron chi connectivity index (χ2n) is 6.96. The number of nitrogens with zero attached hydrogens (tertiary/aromatic N) is 5. The van der Waals surface area contributed by atoms with Crippen LogP contribution in [0, 0.1) is 0 Å². The number of aliphatic imine (C=N–C) groups is 1. The molecule has 154 valence electrons. The lowest BCUT2D eigenvalue weighted by Gasteiger charge is -2.22. The van der Waals surface area contributed by atoms with Crippen LogP contribution in [-0.4, -0.2) is 45.3 Å². The average molecular weight is 498 g/mol. The predicted molar refractivity (Wildman–Crippen MR) is 123 cm³/mol. The van der Waals surface area contributed by atoms with Crippen LogP contribution in [-0.2, 0) is 26.1 Å². The van der Waals surface area contributed by atoms with Gasteiger partial charge in [0.1, 0.15) is 5.82 Å². The summed E-state index contributed by atoms with van der Waals surface area (Å²) in [6.45, 7) is 5.79. The standard InChI is InChI=1S/C20H30N6O.HI/c1-3-21-19(24(2)16-17-10-5-4-6-11-17)22-13-9-15-26-20(27)25-14-8-7-12-18(25)23-26;/h4-6,10-11H,3,7-9,12-16H2,1-2H3,(H,21,22);1H. The molecule has 0 amide bonds. The molecule has 2 aromatic rings. The minimum Gasteiger partial charge on any atom is -0.357 e. The summed E-state index contributed by atoms with van der Waals surface area (Å²) < 4.78 is 3.43. The van der Waals surface area contributed by atoms with E-state index in [-0.39, 0.29) is 29.7 Å². The maximum absolute atomic E-state index is 12.4. The number of halogens is 1. The van der Waals surface area contributed by atoms with Crippen molar-refractivity contribution in [1.82, 2.24) is 24.6 Å². The van der Waals surface area contributed by atoms with Crippen LogP contribution in [0.1, 0.15) is 37.6 Å². The van der Waals surface area contributed by atoms with Crippen molar-refractivity contribution in [3.63, 3.8) is 0 Å². The fourth-order valence-corrected chi connectivity index (χ4v) is 3.40. The molecule has 8 heteroatoms. The number of hydrogen-bond acceptors (Lipinski definition) is 3. The maximum Gasteiger partial charge on any atom is 0.345 e. The van der Waals surface area contributed by atoms with Crippen LogP contribution in [0.5, 0.6) is 0 Å². The second kappa shape index (κ2) is 11.2. The molecule has 28 heavy (non-hydrogen) atoms. The van der Waals surface area contributed by atoms with Crippen molar-refractivity contribution in [3.05, 3.63) is 52.2 Å². The molecule has 1 aliphatic heterocycles. The Morgan fingerprint density at radius 2 is 2.07 bits per heavy atom. The lowest BCUT2D eigenvalue weighted by Crippen LogP contribution is -2.38. The number of guanidine groups is 1.